The topological polar surface area (TPSA) is 127 Å². The molecule has 3 N–H and O–H groups in total. The Morgan fingerprint density at radius 2 is 1.71 bits per heavy atom. The summed E-state index contributed by atoms with van der Waals surface area (Å²) in [4.78, 5) is 51.3. The molecule has 3 heterocycles. The van der Waals surface area contributed by atoms with Crippen molar-refractivity contribution >= 4 is 53.6 Å². The molecule has 8 nitrogen and oxygen atoms in total. The zero-order valence-corrected chi connectivity index (χ0v) is 17.3. The third-order valence-corrected chi connectivity index (χ3v) is 6.76. The van der Waals surface area contributed by atoms with Crippen molar-refractivity contribution in [3.63, 3.8) is 0 Å². The summed E-state index contributed by atoms with van der Waals surface area (Å²) < 4.78 is 5.37. The van der Waals surface area contributed by atoms with Gasteiger partial charge >= 0.3 is 11.9 Å². The molecule has 31 heavy (non-hydrogen) atoms. The predicted octanol–water partition coefficient (Wildman–Crippen LogP) is 2.28. The zero-order chi connectivity index (χ0) is 21.2. The maximum absolute atomic E-state index is 13.4. The molecule has 0 radical (unpaired) electrons. The molecule has 3 atom stereocenters. The van der Waals surface area contributed by atoms with E-state index in [-0.39, 0.29) is 34.3 Å². The molecule has 2 amide bonds. The Hall–Kier alpha value is -3.30. The molecule has 158 valence electrons. The Morgan fingerprint density at radius 3 is 2.39 bits per heavy atom. The van der Waals surface area contributed by atoms with Crippen molar-refractivity contribution in [2.75, 3.05) is 4.90 Å². The summed E-state index contributed by atoms with van der Waals surface area (Å²) in [6.45, 7) is 0. The second-order valence-electron chi connectivity index (χ2n) is 7.11. The summed E-state index contributed by atoms with van der Waals surface area (Å²) in [5.74, 6) is -3.79. The van der Waals surface area contributed by atoms with E-state index in [0.717, 1.165) is 16.7 Å². The minimum atomic E-state index is -1.11. The van der Waals surface area contributed by atoms with Crippen LogP contribution in [-0.4, -0.2) is 34.1 Å². The fourth-order valence-electron chi connectivity index (χ4n) is 4.21. The minimum absolute atomic E-state index is 0. The number of halogens is 1. The second-order valence-corrected chi connectivity index (χ2v) is 8.29. The molecule has 1 fully saturated rings. The number of rotatable bonds is 2. The molecule has 2 aromatic carbocycles. The van der Waals surface area contributed by atoms with Gasteiger partial charge in [-0.25, -0.2) is 14.5 Å². The summed E-state index contributed by atoms with van der Waals surface area (Å²) in [6, 6.07) is 12.4. The van der Waals surface area contributed by atoms with E-state index in [1.165, 1.54) is 24.3 Å². The van der Waals surface area contributed by atoms with Gasteiger partial charge in [0.05, 0.1) is 27.8 Å². The Labute approximate surface area is 186 Å². The molecule has 0 aromatic heterocycles. The quantitative estimate of drug-likeness (QED) is 0.398. The Morgan fingerprint density at radius 1 is 1.03 bits per heavy atom. The number of carboxylic acid groups (broad SMARTS) is 1. The Kier molecular flexibility index (Phi) is 5.03. The van der Waals surface area contributed by atoms with Crippen LogP contribution in [0.25, 0.3) is 0 Å². The number of benzene rings is 2. The second kappa shape index (κ2) is 7.44. The fraction of sp³-hybridized carbons (Fsp3) is 0.143. The Bertz CT molecular complexity index is 1180. The number of esters is 1. The van der Waals surface area contributed by atoms with E-state index in [1.54, 1.807) is 24.3 Å². The van der Waals surface area contributed by atoms with Gasteiger partial charge in [0.15, 0.2) is 0 Å². The van der Waals surface area contributed by atoms with Gasteiger partial charge in [-0.1, -0.05) is 30.0 Å². The molecular weight excluding hydrogens is 444 g/mol. The van der Waals surface area contributed by atoms with Crippen molar-refractivity contribution < 1.29 is 29.0 Å². The number of carbonyl (C=O) groups is 4. The highest BCUT2D eigenvalue weighted by Gasteiger charge is 2.58. The van der Waals surface area contributed by atoms with Crippen LogP contribution in [0.3, 0.4) is 0 Å². The monoisotopic (exact) mass is 458 g/mol. The van der Waals surface area contributed by atoms with Gasteiger partial charge < -0.3 is 15.6 Å². The van der Waals surface area contributed by atoms with E-state index < -0.39 is 40.8 Å². The number of imide groups is 1. The highest BCUT2D eigenvalue weighted by atomic mass is 35.5. The maximum atomic E-state index is 13.4. The molecule has 0 spiro atoms. The largest absolute Gasteiger partial charge is 0.478 e. The van der Waals surface area contributed by atoms with Gasteiger partial charge in [-0.05, 0) is 30.3 Å². The van der Waals surface area contributed by atoms with E-state index in [2.05, 4.69) is 0 Å². The van der Waals surface area contributed by atoms with Crippen molar-refractivity contribution in [3.8, 4) is 5.75 Å². The number of hydrogen-bond acceptors (Lipinski definition) is 7. The third-order valence-electron chi connectivity index (χ3n) is 5.53. The van der Waals surface area contributed by atoms with Gasteiger partial charge in [-0.3, -0.25) is 9.59 Å². The van der Waals surface area contributed by atoms with E-state index in [4.69, 9.17) is 15.6 Å². The van der Waals surface area contributed by atoms with Crippen LogP contribution < -0.4 is 15.4 Å². The van der Waals surface area contributed by atoms with Gasteiger partial charge in [0.2, 0.25) is 11.8 Å². The molecule has 1 saturated heterocycles. The van der Waals surface area contributed by atoms with E-state index >= 15 is 0 Å². The number of ether oxygens (including phenoxy) is 1. The van der Waals surface area contributed by atoms with Gasteiger partial charge in [0, 0.05) is 11.5 Å². The molecular formula is C21H15ClN2O6S. The van der Waals surface area contributed by atoms with Crippen molar-refractivity contribution in [2.24, 2.45) is 11.7 Å². The Balaban J connectivity index is 0.00000231. The van der Waals surface area contributed by atoms with Crippen LogP contribution in [-0.2, 0) is 14.4 Å². The number of nitrogens with two attached hydrogens (primary N) is 1. The number of nitrogens with zero attached hydrogens (tertiary/aromatic N) is 1. The summed E-state index contributed by atoms with van der Waals surface area (Å²) in [7, 11) is 0. The number of carboxylic acids is 1. The highest BCUT2D eigenvalue weighted by Crippen LogP contribution is 2.54. The molecule has 10 heteroatoms. The molecule has 2 aromatic rings. The number of hydrogen-bond donors (Lipinski definition) is 2. The average Bonchev–Trinajstić information content (AvgIpc) is 2.97. The summed E-state index contributed by atoms with van der Waals surface area (Å²) in [6.07, 6.45) is 0. The first-order valence-corrected chi connectivity index (χ1v) is 9.95. The summed E-state index contributed by atoms with van der Waals surface area (Å²) in [5.41, 5.74) is 7.28. The predicted molar refractivity (Wildman–Crippen MR) is 114 cm³/mol. The number of para-hydroxylation sites is 1. The third kappa shape index (κ3) is 3.00. The molecule has 0 saturated carbocycles. The van der Waals surface area contributed by atoms with Crippen LogP contribution in [0.2, 0.25) is 0 Å². The lowest BCUT2D eigenvalue weighted by Gasteiger charge is -2.36. The smallest absolute Gasteiger partial charge is 0.342 e. The normalized spacial score (nSPS) is 24.1. The van der Waals surface area contributed by atoms with Crippen molar-refractivity contribution in [1.82, 2.24) is 0 Å². The number of carbonyl (C=O) groups excluding carboxylic acids is 3. The first-order valence-electron chi connectivity index (χ1n) is 9.07. The van der Waals surface area contributed by atoms with E-state index in [0.29, 0.717) is 11.3 Å². The molecule has 5 rings (SSSR count). The maximum Gasteiger partial charge on any atom is 0.342 e. The summed E-state index contributed by atoms with van der Waals surface area (Å²) >= 11 is 0.990. The lowest BCUT2D eigenvalue weighted by Crippen LogP contribution is -2.39. The number of anilines is 1. The van der Waals surface area contributed by atoms with Crippen molar-refractivity contribution in [1.29, 1.82) is 0 Å². The lowest BCUT2D eigenvalue weighted by molar-refractivity contribution is -0.131. The van der Waals surface area contributed by atoms with Crippen LogP contribution >= 0.6 is 24.2 Å². The number of fused-ring (bicyclic) bond motifs is 5. The average molecular weight is 459 g/mol. The number of thioether (sulfide) groups is 1. The first-order chi connectivity index (χ1) is 14.4. The SMILES string of the molecule is Cl.NC1=C2C(=O)Oc3ccccc3C2C2C(=O)N(c3ccc(C(=O)O)cc3)C(=O)C2S1. The van der Waals surface area contributed by atoms with Crippen LogP contribution in [0.4, 0.5) is 5.69 Å². The zero-order valence-electron chi connectivity index (χ0n) is 15.7. The van der Waals surface area contributed by atoms with Gasteiger partial charge in [-0.2, -0.15) is 0 Å². The standard InChI is InChI=1S/C21H14N2O6S.ClH/c22-17-15-13(11-3-1-2-4-12(11)29-21(15)28)14-16(30-17)19(25)23(18(14)24)10-7-5-9(6-8-10)20(26)27;/h1-8,13-14,16H,22H2,(H,26,27);1H. The van der Waals surface area contributed by atoms with Gasteiger partial charge in [-0.15, -0.1) is 12.4 Å². The number of amides is 2. The lowest BCUT2D eigenvalue weighted by atomic mass is 9.77. The van der Waals surface area contributed by atoms with Crippen LogP contribution in [0.1, 0.15) is 21.8 Å². The minimum Gasteiger partial charge on any atom is -0.478 e. The molecule has 0 bridgehead atoms. The van der Waals surface area contributed by atoms with Crippen molar-refractivity contribution in [3.05, 3.63) is 70.3 Å². The number of aromatic carboxylic acids is 1. The van der Waals surface area contributed by atoms with Gasteiger partial charge in [0.1, 0.15) is 11.0 Å². The van der Waals surface area contributed by atoms with Crippen molar-refractivity contribution in [2.45, 2.75) is 11.2 Å². The first kappa shape index (κ1) is 21.0. The highest BCUT2D eigenvalue weighted by molar-refractivity contribution is 8.04. The summed E-state index contributed by atoms with van der Waals surface area (Å²) in [5, 5.41) is 8.46. The van der Waals surface area contributed by atoms with Crippen LogP contribution in [0.15, 0.2) is 59.1 Å². The molecule has 3 aliphatic heterocycles. The molecule has 3 unspecified atom stereocenters. The van der Waals surface area contributed by atoms with E-state index in [9.17, 15) is 19.2 Å². The van der Waals surface area contributed by atoms with E-state index in [1.807, 2.05) is 0 Å². The molecule has 0 aliphatic carbocycles. The molecule has 3 aliphatic rings. The fourth-order valence-corrected chi connectivity index (χ4v) is 5.45. The van der Waals surface area contributed by atoms with Crippen LogP contribution in [0.5, 0.6) is 5.75 Å². The van der Waals surface area contributed by atoms with Gasteiger partial charge in [0.25, 0.3) is 0 Å². The van der Waals surface area contributed by atoms with Crippen LogP contribution in [0, 0.1) is 5.92 Å².